The van der Waals surface area contributed by atoms with Gasteiger partial charge in [-0.15, -0.1) is 0 Å². The van der Waals surface area contributed by atoms with Gasteiger partial charge in [0.05, 0.1) is 14.2 Å². The molecule has 2 N–H and O–H groups in total. The number of hydrogen-bond donors (Lipinski definition) is 2. The summed E-state index contributed by atoms with van der Waals surface area (Å²) in [6, 6.07) is 18.0. The van der Waals surface area contributed by atoms with Crippen molar-refractivity contribution >= 4 is 28.6 Å². The SMILES string of the molecule is COc1ccc(CNC(=O)CN2C(=O)N[C@](C)(c3cccc4ccccc34)C2=O)cc1OC. The Bertz CT molecular complexity index is 1240. The number of urea groups is 1. The first-order valence-corrected chi connectivity index (χ1v) is 10.5. The molecule has 3 aromatic carbocycles. The molecular formula is C25H25N3O5. The number of carbonyl (C=O) groups excluding carboxylic acids is 3. The van der Waals surface area contributed by atoms with E-state index in [0.29, 0.717) is 17.1 Å². The number of amides is 4. The zero-order valence-electron chi connectivity index (χ0n) is 18.7. The van der Waals surface area contributed by atoms with E-state index in [9.17, 15) is 14.4 Å². The molecule has 0 aromatic heterocycles. The van der Waals surface area contributed by atoms with E-state index in [1.165, 1.54) is 7.11 Å². The number of ether oxygens (including phenoxy) is 2. The van der Waals surface area contributed by atoms with Crippen LogP contribution in [0.4, 0.5) is 4.79 Å². The van der Waals surface area contributed by atoms with Crippen LogP contribution in [0.2, 0.25) is 0 Å². The molecular weight excluding hydrogens is 422 g/mol. The average Bonchev–Trinajstić information content (AvgIpc) is 3.05. The van der Waals surface area contributed by atoms with Crippen LogP contribution in [0.5, 0.6) is 11.5 Å². The van der Waals surface area contributed by atoms with E-state index in [0.717, 1.165) is 21.2 Å². The normalized spacial score (nSPS) is 17.7. The topological polar surface area (TPSA) is 97.0 Å². The van der Waals surface area contributed by atoms with Crippen LogP contribution in [0.1, 0.15) is 18.1 Å². The van der Waals surface area contributed by atoms with Gasteiger partial charge in [0.1, 0.15) is 12.1 Å². The minimum atomic E-state index is -1.26. The Hall–Kier alpha value is -4.07. The summed E-state index contributed by atoms with van der Waals surface area (Å²) in [7, 11) is 3.08. The highest BCUT2D eigenvalue weighted by Crippen LogP contribution is 2.33. The van der Waals surface area contributed by atoms with Crippen molar-refractivity contribution in [2.75, 3.05) is 20.8 Å². The van der Waals surface area contributed by atoms with E-state index in [1.54, 1.807) is 32.2 Å². The number of benzene rings is 3. The Morgan fingerprint density at radius 2 is 1.73 bits per heavy atom. The van der Waals surface area contributed by atoms with Crippen molar-refractivity contribution in [1.82, 2.24) is 15.5 Å². The summed E-state index contributed by atoms with van der Waals surface area (Å²) in [6.07, 6.45) is 0. The molecule has 1 aliphatic rings. The molecule has 0 saturated carbocycles. The second kappa shape index (κ2) is 8.82. The predicted molar refractivity (Wildman–Crippen MR) is 123 cm³/mol. The van der Waals surface area contributed by atoms with E-state index < -0.39 is 23.4 Å². The summed E-state index contributed by atoms with van der Waals surface area (Å²) in [4.78, 5) is 39.4. The molecule has 170 valence electrons. The van der Waals surface area contributed by atoms with Crippen molar-refractivity contribution in [3.63, 3.8) is 0 Å². The van der Waals surface area contributed by atoms with Gasteiger partial charge in [0.2, 0.25) is 5.91 Å². The van der Waals surface area contributed by atoms with E-state index in [4.69, 9.17) is 9.47 Å². The van der Waals surface area contributed by atoms with Gasteiger partial charge in [-0.05, 0) is 41.0 Å². The van der Waals surface area contributed by atoms with Crippen molar-refractivity contribution < 1.29 is 23.9 Å². The number of methoxy groups -OCH3 is 2. The number of nitrogens with zero attached hydrogens (tertiary/aromatic N) is 1. The summed E-state index contributed by atoms with van der Waals surface area (Å²) in [5, 5.41) is 7.35. The van der Waals surface area contributed by atoms with Gasteiger partial charge in [-0.3, -0.25) is 14.5 Å². The van der Waals surface area contributed by atoms with Crippen LogP contribution in [0, 0.1) is 0 Å². The number of carbonyl (C=O) groups is 3. The van der Waals surface area contributed by atoms with Gasteiger partial charge in [0, 0.05) is 6.54 Å². The molecule has 1 fully saturated rings. The smallest absolute Gasteiger partial charge is 0.325 e. The molecule has 1 saturated heterocycles. The summed E-state index contributed by atoms with van der Waals surface area (Å²) >= 11 is 0. The predicted octanol–water partition coefficient (Wildman–Crippen LogP) is 2.94. The van der Waals surface area contributed by atoms with Gasteiger partial charge in [-0.25, -0.2) is 4.79 Å². The fourth-order valence-electron chi connectivity index (χ4n) is 4.08. The first-order valence-electron chi connectivity index (χ1n) is 10.5. The van der Waals surface area contributed by atoms with Crippen LogP contribution in [-0.4, -0.2) is 43.5 Å². The molecule has 33 heavy (non-hydrogen) atoms. The summed E-state index contributed by atoms with van der Waals surface area (Å²) in [5.74, 6) is 0.212. The van der Waals surface area contributed by atoms with Gasteiger partial charge in [0.15, 0.2) is 11.5 Å². The Kier molecular flexibility index (Phi) is 5.91. The lowest BCUT2D eigenvalue weighted by Gasteiger charge is -2.24. The number of fused-ring (bicyclic) bond motifs is 1. The minimum Gasteiger partial charge on any atom is -0.493 e. The fraction of sp³-hybridized carbons (Fsp3) is 0.240. The molecule has 0 spiro atoms. The number of nitrogens with one attached hydrogen (secondary N) is 2. The van der Waals surface area contributed by atoms with Gasteiger partial charge in [-0.2, -0.15) is 0 Å². The van der Waals surface area contributed by atoms with Crippen molar-refractivity contribution in [3.8, 4) is 11.5 Å². The Balaban J connectivity index is 1.47. The van der Waals surface area contributed by atoms with Crippen molar-refractivity contribution in [2.45, 2.75) is 19.0 Å². The lowest BCUT2D eigenvalue weighted by atomic mass is 9.88. The third kappa shape index (κ3) is 4.07. The first-order chi connectivity index (χ1) is 15.9. The van der Waals surface area contributed by atoms with Crippen LogP contribution in [0.15, 0.2) is 60.7 Å². The number of rotatable bonds is 7. The maximum absolute atomic E-state index is 13.3. The number of hydrogen-bond acceptors (Lipinski definition) is 5. The molecule has 4 rings (SSSR count). The van der Waals surface area contributed by atoms with Crippen LogP contribution in [0.25, 0.3) is 10.8 Å². The molecule has 0 bridgehead atoms. The van der Waals surface area contributed by atoms with Gasteiger partial charge in [-0.1, -0.05) is 48.5 Å². The second-order valence-electron chi connectivity index (χ2n) is 7.94. The molecule has 3 aromatic rings. The van der Waals surface area contributed by atoms with Crippen LogP contribution in [-0.2, 0) is 21.7 Å². The molecule has 0 unspecified atom stereocenters. The van der Waals surface area contributed by atoms with Gasteiger partial charge < -0.3 is 20.1 Å². The Labute approximate surface area is 191 Å². The molecule has 8 nitrogen and oxygen atoms in total. The van der Waals surface area contributed by atoms with Crippen LogP contribution < -0.4 is 20.1 Å². The third-order valence-corrected chi connectivity index (χ3v) is 5.84. The monoisotopic (exact) mass is 447 g/mol. The molecule has 4 amide bonds. The Morgan fingerprint density at radius 3 is 2.48 bits per heavy atom. The van der Waals surface area contributed by atoms with E-state index in [-0.39, 0.29) is 13.1 Å². The van der Waals surface area contributed by atoms with E-state index in [1.807, 2.05) is 42.5 Å². The Morgan fingerprint density at radius 1 is 1.00 bits per heavy atom. The van der Waals surface area contributed by atoms with Gasteiger partial charge in [0.25, 0.3) is 5.91 Å². The zero-order chi connectivity index (χ0) is 23.6. The maximum atomic E-state index is 13.3. The highest BCUT2D eigenvalue weighted by atomic mass is 16.5. The van der Waals surface area contributed by atoms with E-state index >= 15 is 0 Å². The highest BCUT2D eigenvalue weighted by molar-refractivity contribution is 6.10. The molecule has 0 aliphatic carbocycles. The average molecular weight is 447 g/mol. The van der Waals surface area contributed by atoms with Crippen molar-refractivity contribution in [3.05, 3.63) is 71.8 Å². The fourth-order valence-corrected chi connectivity index (χ4v) is 4.08. The lowest BCUT2D eigenvalue weighted by molar-refractivity contribution is -0.134. The zero-order valence-corrected chi connectivity index (χ0v) is 18.7. The van der Waals surface area contributed by atoms with Crippen LogP contribution in [0.3, 0.4) is 0 Å². The quantitative estimate of drug-likeness (QED) is 0.543. The summed E-state index contributed by atoms with van der Waals surface area (Å²) < 4.78 is 10.5. The molecule has 1 heterocycles. The molecule has 8 heteroatoms. The van der Waals surface area contributed by atoms with E-state index in [2.05, 4.69) is 10.6 Å². The largest absolute Gasteiger partial charge is 0.493 e. The minimum absolute atomic E-state index is 0.212. The summed E-state index contributed by atoms with van der Waals surface area (Å²) in [6.45, 7) is 1.50. The highest BCUT2D eigenvalue weighted by Gasteiger charge is 2.50. The van der Waals surface area contributed by atoms with Crippen molar-refractivity contribution in [1.29, 1.82) is 0 Å². The molecule has 1 aliphatic heterocycles. The van der Waals surface area contributed by atoms with Crippen molar-refractivity contribution in [2.24, 2.45) is 0 Å². The maximum Gasteiger partial charge on any atom is 0.325 e. The van der Waals surface area contributed by atoms with Gasteiger partial charge >= 0.3 is 6.03 Å². The number of imide groups is 1. The molecule has 1 atom stereocenters. The standard InChI is InChI=1S/C25H25N3O5/c1-25(19-10-6-8-17-7-4-5-9-18(17)19)23(30)28(24(31)27-25)15-22(29)26-14-16-11-12-20(32-2)21(13-16)33-3/h4-13H,14-15H2,1-3H3,(H,26,29)(H,27,31)/t25-/m1/s1. The van der Waals surface area contributed by atoms with Crippen LogP contribution >= 0.6 is 0 Å². The summed E-state index contributed by atoms with van der Waals surface area (Å²) in [5.41, 5.74) is 0.215. The third-order valence-electron chi connectivity index (χ3n) is 5.84. The first kappa shape index (κ1) is 22.1. The lowest BCUT2D eigenvalue weighted by Crippen LogP contribution is -2.43. The molecule has 0 radical (unpaired) electrons. The second-order valence-corrected chi connectivity index (χ2v) is 7.94.